The van der Waals surface area contributed by atoms with Crippen LogP contribution in [-0.4, -0.2) is 17.4 Å². The molecule has 0 aliphatic heterocycles. The predicted octanol–water partition coefficient (Wildman–Crippen LogP) is 4.60. The van der Waals surface area contributed by atoms with Gasteiger partial charge in [-0.3, -0.25) is 9.78 Å². The van der Waals surface area contributed by atoms with Crippen molar-refractivity contribution in [3.8, 4) is 0 Å². The Bertz CT molecular complexity index is 835. The first kappa shape index (κ1) is 17.8. The second-order valence-electron chi connectivity index (χ2n) is 6.05. The van der Waals surface area contributed by atoms with E-state index in [1.165, 1.54) is 12.1 Å². The maximum atomic E-state index is 13.4. The third-order valence-electron chi connectivity index (χ3n) is 4.36. The van der Waals surface area contributed by atoms with Gasteiger partial charge in [-0.2, -0.15) is 0 Å². The topological polar surface area (TPSA) is 33.2 Å². The smallest absolute Gasteiger partial charge is 0.234 e. The molecule has 0 saturated carbocycles. The van der Waals surface area contributed by atoms with E-state index in [9.17, 15) is 9.18 Å². The van der Waals surface area contributed by atoms with E-state index in [2.05, 4.69) is 4.98 Å². The Morgan fingerprint density at radius 2 is 1.69 bits per heavy atom. The van der Waals surface area contributed by atoms with Gasteiger partial charge in [0.2, 0.25) is 5.91 Å². The molecule has 0 radical (unpaired) electrons. The first-order valence-electron chi connectivity index (χ1n) is 8.71. The zero-order valence-electron chi connectivity index (χ0n) is 14.7. The summed E-state index contributed by atoms with van der Waals surface area (Å²) in [6.07, 6.45) is 2.19. The number of anilines is 1. The molecule has 1 heterocycles. The number of carbonyl (C=O) groups is 1. The minimum Gasteiger partial charge on any atom is -0.312 e. The van der Waals surface area contributed by atoms with E-state index in [0.29, 0.717) is 13.0 Å². The van der Waals surface area contributed by atoms with Crippen molar-refractivity contribution >= 4 is 11.6 Å². The number of halogens is 1. The van der Waals surface area contributed by atoms with Gasteiger partial charge in [-0.1, -0.05) is 36.4 Å². The summed E-state index contributed by atoms with van der Waals surface area (Å²) in [5, 5.41) is 0. The van der Waals surface area contributed by atoms with Crippen LogP contribution in [-0.2, 0) is 11.2 Å². The number of para-hydroxylation sites is 1. The first-order valence-corrected chi connectivity index (χ1v) is 8.71. The van der Waals surface area contributed by atoms with Crippen molar-refractivity contribution in [1.29, 1.82) is 0 Å². The predicted molar refractivity (Wildman–Crippen MR) is 102 cm³/mol. The summed E-state index contributed by atoms with van der Waals surface area (Å²) in [5.74, 6) is -0.755. The Kier molecular flexibility index (Phi) is 5.74. The minimum atomic E-state index is -0.425. The van der Waals surface area contributed by atoms with Crippen LogP contribution in [0.5, 0.6) is 0 Å². The van der Waals surface area contributed by atoms with Crippen LogP contribution in [0.15, 0.2) is 79.0 Å². The Balaban J connectivity index is 1.95. The van der Waals surface area contributed by atoms with Crippen LogP contribution in [0.4, 0.5) is 10.1 Å². The van der Waals surface area contributed by atoms with Gasteiger partial charge in [0.25, 0.3) is 0 Å². The van der Waals surface area contributed by atoms with Gasteiger partial charge in [-0.05, 0) is 48.9 Å². The summed E-state index contributed by atoms with van der Waals surface area (Å²) >= 11 is 0. The normalized spacial score (nSPS) is 11.8. The highest BCUT2D eigenvalue weighted by Gasteiger charge is 2.27. The molecule has 0 N–H and O–H groups in total. The summed E-state index contributed by atoms with van der Waals surface area (Å²) in [5.41, 5.74) is 2.48. The lowest BCUT2D eigenvalue weighted by Gasteiger charge is -2.27. The van der Waals surface area contributed by atoms with Crippen LogP contribution < -0.4 is 4.90 Å². The van der Waals surface area contributed by atoms with E-state index in [0.717, 1.165) is 16.9 Å². The number of aromatic nitrogens is 1. The van der Waals surface area contributed by atoms with Crippen molar-refractivity contribution in [2.75, 3.05) is 11.4 Å². The van der Waals surface area contributed by atoms with Crippen molar-refractivity contribution < 1.29 is 9.18 Å². The molecule has 3 rings (SSSR count). The molecule has 3 nitrogen and oxygen atoms in total. The minimum absolute atomic E-state index is 0.0176. The van der Waals surface area contributed by atoms with Crippen LogP contribution in [0.2, 0.25) is 0 Å². The zero-order chi connectivity index (χ0) is 18.4. The Morgan fingerprint density at radius 3 is 2.31 bits per heavy atom. The molecule has 132 valence electrons. The Morgan fingerprint density at radius 1 is 1.00 bits per heavy atom. The molecule has 1 unspecified atom stereocenters. The van der Waals surface area contributed by atoms with Crippen LogP contribution in [0.3, 0.4) is 0 Å². The number of amides is 1. The fourth-order valence-corrected chi connectivity index (χ4v) is 3.03. The second-order valence-corrected chi connectivity index (χ2v) is 6.05. The monoisotopic (exact) mass is 348 g/mol. The van der Waals surface area contributed by atoms with Crippen LogP contribution >= 0.6 is 0 Å². The number of hydrogen-bond acceptors (Lipinski definition) is 2. The molecule has 4 heteroatoms. The summed E-state index contributed by atoms with van der Waals surface area (Å²) in [7, 11) is 0. The maximum Gasteiger partial charge on any atom is 0.234 e. The van der Waals surface area contributed by atoms with Crippen LogP contribution in [0.1, 0.15) is 24.1 Å². The second kappa shape index (κ2) is 8.39. The van der Waals surface area contributed by atoms with Crippen molar-refractivity contribution in [3.63, 3.8) is 0 Å². The standard InChI is InChI=1S/C22H21FN2O/c1-2-25(20-9-4-3-5-10-20)22(26)21(16-19-8-6-7-15-24-19)17-11-13-18(23)14-12-17/h3-15,21H,2,16H2,1H3. The number of nitrogens with zero attached hydrogens (tertiary/aromatic N) is 2. The van der Waals surface area contributed by atoms with Crippen molar-refractivity contribution in [2.24, 2.45) is 0 Å². The number of hydrogen-bond donors (Lipinski definition) is 0. The van der Waals surface area contributed by atoms with Crippen molar-refractivity contribution in [3.05, 3.63) is 96.1 Å². The molecule has 1 atom stereocenters. The fourth-order valence-electron chi connectivity index (χ4n) is 3.03. The largest absolute Gasteiger partial charge is 0.312 e. The lowest BCUT2D eigenvalue weighted by Crippen LogP contribution is -2.36. The highest BCUT2D eigenvalue weighted by molar-refractivity contribution is 5.98. The number of pyridine rings is 1. The lowest BCUT2D eigenvalue weighted by molar-refractivity contribution is -0.120. The van der Waals surface area contributed by atoms with Crippen LogP contribution in [0.25, 0.3) is 0 Å². The van der Waals surface area contributed by atoms with Gasteiger partial charge in [-0.25, -0.2) is 4.39 Å². The van der Waals surface area contributed by atoms with E-state index in [1.54, 1.807) is 23.2 Å². The quantitative estimate of drug-likeness (QED) is 0.652. The molecular weight excluding hydrogens is 327 g/mol. The molecule has 0 bridgehead atoms. The average Bonchev–Trinajstić information content (AvgIpc) is 2.69. The van der Waals surface area contributed by atoms with Gasteiger partial charge in [0, 0.05) is 30.5 Å². The third kappa shape index (κ3) is 4.14. The first-order chi connectivity index (χ1) is 12.7. The van der Waals surface area contributed by atoms with Gasteiger partial charge in [0.1, 0.15) is 5.82 Å². The van der Waals surface area contributed by atoms with Crippen molar-refractivity contribution in [2.45, 2.75) is 19.3 Å². The lowest BCUT2D eigenvalue weighted by atomic mass is 9.92. The van der Waals surface area contributed by atoms with E-state index >= 15 is 0 Å². The zero-order valence-corrected chi connectivity index (χ0v) is 14.7. The molecule has 26 heavy (non-hydrogen) atoms. The maximum absolute atomic E-state index is 13.4. The van der Waals surface area contributed by atoms with Gasteiger partial charge in [0.15, 0.2) is 0 Å². The highest BCUT2D eigenvalue weighted by Crippen LogP contribution is 2.26. The SMILES string of the molecule is CCN(C(=O)C(Cc1ccccn1)c1ccc(F)cc1)c1ccccc1. The molecule has 0 fully saturated rings. The summed E-state index contributed by atoms with van der Waals surface area (Å²) in [6.45, 7) is 2.51. The molecule has 0 aliphatic carbocycles. The van der Waals surface area contributed by atoms with E-state index in [1.807, 2.05) is 55.5 Å². The van der Waals surface area contributed by atoms with Gasteiger partial charge >= 0.3 is 0 Å². The van der Waals surface area contributed by atoms with Crippen LogP contribution in [0, 0.1) is 5.82 Å². The van der Waals surface area contributed by atoms with E-state index in [-0.39, 0.29) is 11.7 Å². The molecule has 0 spiro atoms. The molecule has 3 aromatic rings. The fraction of sp³-hybridized carbons (Fsp3) is 0.182. The van der Waals surface area contributed by atoms with Gasteiger partial charge < -0.3 is 4.90 Å². The molecule has 0 aliphatic rings. The Hall–Kier alpha value is -3.01. The number of carbonyl (C=O) groups excluding carboxylic acids is 1. The summed E-state index contributed by atoms with van der Waals surface area (Å²) in [4.78, 5) is 19.5. The van der Waals surface area contributed by atoms with E-state index < -0.39 is 5.92 Å². The number of likely N-dealkylation sites (N-methyl/N-ethyl adjacent to an activating group) is 1. The molecule has 1 aromatic heterocycles. The van der Waals surface area contributed by atoms with Gasteiger partial charge in [-0.15, -0.1) is 0 Å². The molecule has 0 saturated heterocycles. The molecule has 1 amide bonds. The van der Waals surface area contributed by atoms with Crippen molar-refractivity contribution in [1.82, 2.24) is 4.98 Å². The number of rotatable bonds is 6. The summed E-state index contributed by atoms with van der Waals surface area (Å²) in [6, 6.07) is 21.4. The highest BCUT2D eigenvalue weighted by atomic mass is 19.1. The molecule has 2 aromatic carbocycles. The molecular formula is C22H21FN2O. The third-order valence-corrected chi connectivity index (χ3v) is 4.36. The number of benzene rings is 2. The summed E-state index contributed by atoms with van der Waals surface area (Å²) < 4.78 is 13.4. The van der Waals surface area contributed by atoms with Gasteiger partial charge in [0.05, 0.1) is 5.92 Å². The van der Waals surface area contributed by atoms with E-state index in [4.69, 9.17) is 0 Å². The average molecular weight is 348 g/mol. The Labute approximate surface area is 153 Å².